The highest BCUT2D eigenvalue weighted by Gasteiger charge is 2.66. The highest BCUT2D eigenvalue weighted by atomic mass is 16.5. The summed E-state index contributed by atoms with van der Waals surface area (Å²) >= 11 is 0. The fourth-order valence-corrected chi connectivity index (χ4v) is 7.21. The molecule has 6 rings (SSSR count). The van der Waals surface area contributed by atoms with Crippen LogP contribution in [-0.4, -0.2) is 59.6 Å². The van der Waals surface area contributed by atoms with Crippen LogP contribution in [0.5, 0.6) is 11.5 Å². The molecule has 2 aliphatic heterocycles. The maximum absolute atomic E-state index is 13.2. The fourth-order valence-electron chi connectivity index (χ4n) is 7.21. The van der Waals surface area contributed by atoms with Gasteiger partial charge in [0.05, 0.1) is 6.04 Å². The number of carbonyl (C=O) groups excluding carboxylic acids is 1. The van der Waals surface area contributed by atoms with E-state index >= 15 is 0 Å². The summed E-state index contributed by atoms with van der Waals surface area (Å²) in [5.41, 5.74) is 4.12. The summed E-state index contributed by atoms with van der Waals surface area (Å²) in [6, 6.07) is 12.0. The highest BCUT2D eigenvalue weighted by Crippen LogP contribution is 2.63. The number of phenols is 1. The van der Waals surface area contributed by atoms with Crippen molar-refractivity contribution in [1.29, 1.82) is 0 Å². The number of nitrogens with zero attached hydrogens (tertiary/aromatic N) is 2. The lowest BCUT2D eigenvalue weighted by Crippen LogP contribution is -2.68. The summed E-state index contributed by atoms with van der Waals surface area (Å²) in [7, 11) is 4.08. The van der Waals surface area contributed by atoms with Gasteiger partial charge >= 0.3 is 0 Å². The van der Waals surface area contributed by atoms with Gasteiger partial charge in [-0.2, -0.15) is 0 Å². The number of piperidine rings is 1. The summed E-state index contributed by atoms with van der Waals surface area (Å²) < 4.78 is 6.66. The van der Waals surface area contributed by atoms with Crippen molar-refractivity contribution in [2.75, 3.05) is 20.6 Å². The molecule has 170 valence electrons. The predicted molar refractivity (Wildman–Crippen MR) is 126 cm³/mol. The number of carbonyl (C=O) groups is 1. The normalized spacial score (nSPS) is 31.1. The van der Waals surface area contributed by atoms with Crippen molar-refractivity contribution in [1.82, 2.24) is 9.80 Å². The van der Waals surface area contributed by atoms with Gasteiger partial charge in [0.25, 0.3) is 5.91 Å². The number of aromatic hydroxyl groups is 1. The van der Waals surface area contributed by atoms with Crippen molar-refractivity contribution >= 4 is 5.91 Å². The van der Waals surface area contributed by atoms with E-state index in [-0.39, 0.29) is 23.5 Å². The Morgan fingerprint density at radius 3 is 2.94 bits per heavy atom. The molecule has 2 aromatic rings. The number of ether oxygens (including phenoxy) is 1. The molecule has 2 aromatic carbocycles. The SMILES string of the molecule is Cc1cccc(C#CC(=O)N(C)[C@H]2CC[C@H]3[C@H]4Cc5c(O)ccc6c5[C@@]3(CCN4C)[C@H]2O6)c1. The first-order chi connectivity index (χ1) is 15.9. The Hall–Kier alpha value is -2.97. The molecule has 1 spiro atoms. The molecule has 0 aromatic heterocycles. The molecule has 5 atom stereocenters. The van der Waals surface area contributed by atoms with E-state index in [2.05, 4.69) is 23.8 Å². The largest absolute Gasteiger partial charge is 0.508 e. The Morgan fingerprint density at radius 2 is 2.12 bits per heavy atom. The van der Waals surface area contributed by atoms with Gasteiger partial charge in [-0.15, -0.1) is 0 Å². The first-order valence-corrected chi connectivity index (χ1v) is 12.0. The van der Waals surface area contributed by atoms with E-state index in [0.29, 0.717) is 17.7 Å². The second kappa shape index (κ2) is 7.27. The van der Waals surface area contributed by atoms with Crippen LogP contribution >= 0.6 is 0 Å². The molecule has 1 amide bonds. The molecule has 33 heavy (non-hydrogen) atoms. The van der Waals surface area contributed by atoms with Gasteiger partial charge in [0.1, 0.15) is 17.6 Å². The molecule has 1 saturated carbocycles. The van der Waals surface area contributed by atoms with E-state index in [1.54, 1.807) is 6.07 Å². The smallest absolute Gasteiger partial charge is 0.298 e. The van der Waals surface area contributed by atoms with E-state index in [1.165, 1.54) is 5.56 Å². The van der Waals surface area contributed by atoms with Gasteiger partial charge in [-0.05, 0) is 81.9 Å². The minimum atomic E-state index is -0.167. The quantitative estimate of drug-likeness (QED) is 0.689. The number of likely N-dealkylation sites (N-methyl/N-ethyl adjacent to an activating group) is 2. The number of aryl methyl sites for hydroxylation is 1. The molecular formula is C28H30N2O3. The number of amides is 1. The van der Waals surface area contributed by atoms with E-state index < -0.39 is 0 Å². The average Bonchev–Trinajstić information content (AvgIpc) is 3.14. The molecule has 2 fully saturated rings. The van der Waals surface area contributed by atoms with Gasteiger partial charge < -0.3 is 19.6 Å². The van der Waals surface area contributed by atoms with Crippen LogP contribution in [0.25, 0.3) is 0 Å². The number of rotatable bonds is 1. The lowest BCUT2D eigenvalue weighted by Gasteiger charge is -2.59. The number of hydrogen-bond donors (Lipinski definition) is 1. The van der Waals surface area contributed by atoms with Crippen LogP contribution in [0.2, 0.25) is 0 Å². The number of likely N-dealkylation sites (tertiary alicyclic amines) is 1. The van der Waals surface area contributed by atoms with Crippen molar-refractivity contribution in [2.24, 2.45) is 5.92 Å². The predicted octanol–water partition coefficient (Wildman–Crippen LogP) is 3.25. The van der Waals surface area contributed by atoms with E-state index in [1.807, 2.05) is 49.2 Å². The summed E-state index contributed by atoms with van der Waals surface area (Å²) in [5, 5.41) is 10.7. The summed E-state index contributed by atoms with van der Waals surface area (Å²) in [4.78, 5) is 17.4. The second-order valence-corrected chi connectivity index (χ2v) is 10.3. The van der Waals surface area contributed by atoms with E-state index in [4.69, 9.17) is 4.74 Å². The molecule has 5 heteroatoms. The van der Waals surface area contributed by atoms with Crippen LogP contribution in [0.1, 0.15) is 41.5 Å². The Bertz CT molecular complexity index is 1210. The first kappa shape index (κ1) is 20.6. The Morgan fingerprint density at radius 1 is 1.27 bits per heavy atom. The van der Waals surface area contributed by atoms with Crippen molar-refractivity contribution in [3.63, 3.8) is 0 Å². The summed E-state index contributed by atoms with van der Waals surface area (Å²) in [5.74, 6) is 7.51. The average molecular weight is 443 g/mol. The van der Waals surface area contributed by atoms with Gasteiger partial charge in [-0.25, -0.2) is 0 Å². The van der Waals surface area contributed by atoms with Crippen molar-refractivity contribution < 1.29 is 14.6 Å². The van der Waals surface area contributed by atoms with Crippen LogP contribution in [-0.2, 0) is 16.6 Å². The van der Waals surface area contributed by atoms with Crippen LogP contribution in [0.3, 0.4) is 0 Å². The van der Waals surface area contributed by atoms with Crippen molar-refractivity contribution in [3.05, 3.63) is 58.7 Å². The molecule has 0 unspecified atom stereocenters. The molecule has 2 heterocycles. The third-order valence-corrected chi connectivity index (χ3v) is 8.73. The third-order valence-electron chi connectivity index (χ3n) is 8.73. The van der Waals surface area contributed by atoms with E-state index in [9.17, 15) is 9.90 Å². The molecule has 1 saturated heterocycles. The maximum Gasteiger partial charge on any atom is 0.298 e. The zero-order chi connectivity index (χ0) is 22.9. The lowest BCUT2D eigenvalue weighted by molar-refractivity contribution is -0.133. The fraction of sp³-hybridized carbons (Fsp3) is 0.464. The first-order valence-electron chi connectivity index (χ1n) is 12.0. The van der Waals surface area contributed by atoms with Crippen LogP contribution in [0, 0.1) is 24.7 Å². The topological polar surface area (TPSA) is 53.0 Å². The van der Waals surface area contributed by atoms with Crippen LogP contribution in [0.15, 0.2) is 36.4 Å². The van der Waals surface area contributed by atoms with Gasteiger partial charge in [0.15, 0.2) is 0 Å². The van der Waals surface area contributed by atoms with Gasteiger partial charge in [0, 0.05) is 41.1 Å². The minimum Gasteiger partial charge on any atom is -0.508 e. The molecule has 2 aliphatic carbocycles. The lowest BCUT2D eigenvalue weighted by atomic mass is 9.51. The molecule has 4 aliphatic rings. The standard InChI is InChI=1S/C28H30N2O3/c1-17-5-4-6-18(15-17)7-12-25(32)30(3)21-9-8-20-22-16-19-23(31)10-11-24-26(19)28(20,27(21)33-24)13-14-29(22)2/h4-6,10-11,15,20-22,27,31H,8-9,13-14,16H2,1-3H3/t20-,21-,22+,27-,28-/m0/s1. The molecule has 1 N–H and O–H groups in total. The van der Waals surface area contributed by atoms with E-state index in [0.717, 1.165) is 54.7 Å². The van der Waals surface area contributed by atoms with Gasteiger partial charge in [-0.3, -0.25) is 4.79 Å². The minimum absolute atomic E-state index is 0.0369. The Labute approximate surface area is 195 Å². The number of hydrogen-bond acceptors (Lipinski definition) is 4. The zero-order valence-corrected chi connectivity index (χ0v) is 19.5. The molecule has 2 bridgehead atoms. The second-order valence-electron chi connectivity index (χ2n) is 10.3. The maximum atomic E-state index is 13.2. The van der Waals surface area contributed by atoms with Crippen molar-refractivity contribution in [3.8, 4) is 23.3 Å². The highest BCUT2D eigenvalue weighted by molar-refractivity contribution is 5.94. The monoisotopic (exact) mass is 442 g/mol. The van der Waals surface area contributed by atoms with Crippen LogP contribution in [0.4, 0.5) is 0 Å². The van der Waals surface area contributed by atoms with Gasteiger partial charge in [-0.1, -0.05) is 18.1 Å². The van der Waals surface area contributed by atoms with Gasteiger partial charge in [0.2, 0.25) is 0 Å². The molecule has 0 radical (unpaired) electrons. The number of benzene rings is 2. The Balaban J connectivity index is 1.36. The number of phenolic OH excluding ortho intramolecular Hbond substituents is 1. The molecule has 5 nitrogen and oxygen atoms in total. The Kier molecular flexibility index (Phi) is 4.54. The molecular weight excluding hydrogens is 412 g/mol. The third kappa shape index (κ3) is 2.87. The summed E-state index contributed by atoms with van der Waals surface area (Å²) in [6.45, 7) is 3.03. The van der Waals surface area contributed by atoms with Crippen LogP contribution < -0.4 is 4.74 Å². The van der Waals surface area contributed by atoms with Crippen molar-refractivity contribution in [2.45, 2.75) is 56.2 Å². The summed E-state index contributed by atoms with van der Waals surface area (Å²) in [6.07, 6.45) is 3.72. The zero-order valence-electron chi connectivity index (χ0n) is 19.5.